The van der Waals surface area contributed by atoms with Crippen molar-refractivity contribution in [3.05, 3.63) is 46.6 Å². The second-order valence-corrected chi connectivity index (χ2v) is 7.59. The summed E-state index contributed by atoms with van der Waals surface area (Å²) in [4.78, 5) is 19.3. The lowest BCUT2D eigenvalue weighted by molar-refractivity contribution is -0.136. The molecule has 1 unspecified atom stereocenters. The Labute approximate surface area is 176 Å². The molecule has 1 aromatic carbocycles. The molecule has 3 heterocycles. The summed E-state index contributed by atoms with van der Waals surface area (Å²) in [5, 5.41) is 5.94. The van der Waals surface area contributed by atoms with Gasteiger partial charge >= 0.3 is 6.18 Å². The van der Waals surface area contributed by atoms with E-state index in [0.29, 0.717) is 24.3 Å². The maximum atomic E-state index is 13.8. The Morgan fingerprint density at radius 2 is 2.10 bits per heavy atom. The molecule has 164 valence electrons. The highest BCUT2D eigenvalue weighted by Crippen LogP contribution is 2.40. The number of benzene rings is 1. The number of anilines is 1. The van der Waals surface area contributed by atoms with Gasteiger partial charge in [-0.3, -0.25) is 9.89 Å². The number of H-pyrrole nitrogens is 1. The van der Waals surface area contributed by atoms with Crippen molar-refractivity contribution in [3.63, 3.8) is 0 Å². The molecule has 7 nitrogen and oxygen atoms in total. The molecule has 2 aromatic heterocycles. The van der Waals surface area contributed by atoms with E-state index in [2.05, 4.69) is 15.2 Å². The molecule has 0 radical (unpaired) electrons. The first-order chi connectivity index (χ1) is 14.7. The van der Waals surface area contributed by atoms with E-state index in [1.807, 2.05) is 13.0 Å². The number of alkyl halides is 3. The predicted octanol–water partition coefficient (Wildman–Crippen LogP) is 4.24. The van der Waals surface area contributed by atoms with Crippen molar-refractivity contribution in [2.24, 2.45) is 0 Å². The molecule has 1 aliphatic rings. The molecule has 1 atom stereocenters. The van der Waals surface area contributed by atoms with Crippen molar-refractivity contribution < 1.29 is 22.7 Å². The SMILES string of the molecule is COc1c(C)cccc1C(=O)N1CCCCC1c1cc(C(F)(F)F)c2c(N)[nH]nc2n1. The van der Waals surface area contributed by atoms with Crippen LogP contribution >= 0.6 is 0 Å². The number of aromatic nitrogens is 3. The molecule has 10 heteroatoms. The number of methoxy groups -OCH3 is 1. The van der Waals surface area contributed by atoms with Crippen LogP contribution in [-0.2, 0) is 6.18 Å². The fourth-order valence-corrected chi connectivity index (χ4v) is 4.19. The number of pyridine rings is 1. The summed E-state index contributed by atoms with van der Waals surface area (Å²) >= 11 is 0. The van der Waals surface area contributed by atoms with Gasteiger partial charge in [-0.25, -0.2) is 4.98 Å². The number of piperidine rings is 1. The Balaban J connectivity index is 1.81. The third-order valence-corrected chi connectivity index (χ3v) is 5.63. The molecule has 1 saturated heterocycles. The Morgan fingerprint density at radius 1 is 1.32 bits per heavy atom. The highest BCUT2D eigenvalue weighted by molar-refractivity contribution is 5.98. The van der Waals surface area contributed by atoms with Crippen LogP contribution in [0.4, 0.5) is 19.0 Å². The Bertz CT molecular complexity index is 1140. The van der Waals surface area contributed by atoms with Crippen molar-refractivity contribution in [1.29, 1.82) is 0 Å². The first-order valence-corrected chi connectivity index (χ1v) is 9.88. The minimum atomic E-state index is -4.64. The maximum Gasteiger partial charge on any atom is 0.417 e. The van der Waals surface area contributed by atoms with Crippen molar-refractivity contribution >= 4 is 22.8 Å². The van der Waals surface area contributed by atoms with Crippen LogP contribution in [0.15, 0.2) is 24.3 Å². The van der Waals surface area contributed by atoms with Crippen LogP contribution in [0.1, 0.15) is 52.5 Å². The van der Waals surface area contributed by atoms with Gasteiger partial charge in [-0.2, -0.15) is 18.3 Å². The third kappa shape index (κ3) is 3.66. The topological polar surface area (TPSA) is 97.1 Å². The monoisotopic (exact) mass is 433 g/mol. The number of nitrogens with one attached hydrogen (secondary N) is 1. The minimum Gasteiger partial charge on any atom is -0.496 e. The standard InChI is InChI=1S/C21H22F3N5O2/c1-11-6-5-7-12(17(11)31-2)20(30)29-9-4-3-8-15(29)14-10-13(21(22,23)24)16-18(25)27-28-19(16)26-14/h5-7,10,15H,3-4,8-9H2,1-2H3,(H3,25,26,27,28). The van der Waals surface area contributed by atoms with E-state index < -0.39 is 17.8 Å². The van der Waals surface area contributed by atoms with Crippen molar-refractivity contribution in [1.82, 2.24) is 20.1 Å². The van der Waals surface area contributed by atoms with E-state index in [-0.39, 0.29) is 28.5 Å². The number of halogens is 3. The molecule has 31 heavy (non-hydrogen) atoms. The van der Waals surface area contributed by atoms with Gasteiger partial charge in [0.2, 0.25) is 0 Å². The van der Waals surface area contributed by atoms with Crippen molar-refractivity contribution in [2.75, 3.05) is 19.4 Å². The van der Waals surface area contributed by atoms with Crippen LogP contribution in [0.3, 0.4) is 0 Å². The average molecular weight is 433 g/mol. The molecule has 0 spiro atoms. The smallest absolute Gasteiger partial charge is 0.417 e. The normalized spacial score (nSPS) is 17.2. The van der Waals surface area contributed by atoms with Crippen LogP contribution in [0, 0.1) is 6.92 Å². The van der Waals surface area contributed by atoms with E-state index in [1.54, 1.807) is 17.0 Å². The fourth-order valence-electron chi connectivity index (χ4n) is 4.19. The van der Waals surface area contributed by atoms with Gasteiger partial charge in [0.15, 0.2) is 5.65 Å². The largest absolute Gasteiger partial charge is 0.496 e. The van der Waals surface area contributed by atoms with Crippen LogP contribution in [-0.4, -0.2) is 39.6 Å². The molecule has 0 saturated carbocycles. The zero-order chi connectivity index (χ0) is 22.3. The van der Waals surface area contributed by atoms with E-state index in [9.17, 15) is 18.0 Å². The number of carbonyl (C=O) groups is 1. The zero-order valence-corrected chi connectivity index (χ0v) is 17.1. The second-order valence-electron chi connectivity index (χ2n) is 7.59. The van der Waals surface area contributed by atoms with Gasteiger partial charge in [-0.1, -0.05) is 12.1 Å². The van der Waals surface area contributed by atoms with E-state index in [4.69, 9.17) is 10.5 Å². The molecular formula is C21H22F3N5O2. The van der Waals surface area contributed by atoms with Crippen LogP contribution < -0.4 is 10.5 Å². The van der Waals surface area contributed by atoms with Crippen molar-refractivity contribution in [2.45, 2.75) is 38.4 Å². The molecule has 0 bridgehead atoms. The minimum absolute atomic E-state index is 0.117. The van der Waals surface area contributed by atoms with E-state index in [0.717, 1.165) is 24.5 Å². The van der Waals surface area contributed by atoms with Gasteiger partial charge in [0.25, 0.3) is 5.91 Å². The van der Waals surface area contributed by atoms with E-state index in [1.165, 1.54) is 7.11 Å². The van der Waals surface area contributed by atoms with Gasteiger partial charge in [-0.15, -0.1) is 0 Å². The number of likely N-dealkylation sites (tertiary alicyclic amines) is 1. The van der Waals surface area contributed by atoms with Crippen molar-refractivity contribution in [3.8, 4) is 5.75 Å². The summed E-state index contributed by atoms with van der Waals surface area (Å²) in [5.74, 6) is -0.0408. The maximum absolute atomic E-state index is 13.8. The summed E-state index contributed by atoms with van der Waals surface area (Å²) < 4.78 is 46.7. The molecule has 3 aromatic rings. The molecule has 1 amide bonds. The Kier molecular flexibility index (Phi) is 5.24. The summed E-state index contributed by atoms with van der Waals surface area (Å²) in [6, 6.07) is 5.61. The lowest BCUT2D eigenvalue weighted by Crippen LogP contribution is -2.39. The number of nitrogens with zero attached hydrogens (tertiary/aromatic N) is 3. The quantitative estimate of drug-likeness (QED) is 0.644. The summed E-state index contributed by atoms with van der Waals surface area (Å²) in [6.45, 7) is 2.24. The molecule has 0 aliphatic carbocycles. The first kappa shape index (κ1) is 21.0. The summed E-state index contributed by atoms with van der Waals surface area (Å²) in [5.41, 5.74) is 5.95. The molecular weight excluding hydrogens is 411 g/mol. The summed E-state index contributed by atoms with van der Waals surface area (Å²) in [6.07, 6.45) is -2.63. The molecule has 4 rings (SSSR count). The molecule has 1 aliphatic heterocycles. The van der Waals surface area contributed by atoms with Crippen LogP contribution in [0.5, 0.6) is 5.75 Å². The zero-order valence-electron chi connectivity index (χ0n) is 17.1. The number of rotatable bonds is 3. The number of hydrogen-bond acceptors (Lipinski definition) is 5. The molecule has 3 N–H and O–H groups in total. The lowest BCUT2D eigenvalue weighted by atomic mass is 9.95. The number of ether oxygens (including phenoxy) is 1. The highest BCUT2D eigenvalue weighted by atomic mass is 19.4. The van der Waals surface area contributed by atoms with Crippen LogP contribution in [0.2, 0.25) is 0 Å². The van der Waals surface area contributed by atoms with Gasteiger partial charge in [0.1, 0.15) is 11.6 Å². The number of para-hydroxylation sites is 1. The third-order valence-electron chi connectivity index (χ3n) is 5.63. The second kappa shape index (κ2) is 7.75. The number of amides is 1. The Morgan fingerprint density at radius 3 is 2.81 bits per heavy atom. The number of aromatic amines is 1. The first-order valence-electron chi connectivity index (χ1n) is 9.88. The van der Waals surface area contributed by atoms with Gasteiger partial charge < -0.3 is 15.4 Å². The van der Waals surface area contributed by atoms with Gasteiger partial charge in [0.05, 0.1) is 35.4 Å². The number of nitrogens with two attached hydrogens (primary N) is 1. The predicted molar refractivity (Wildman–Crippen MR) is 109 cm³/mol. The lowest BCUT2D eigenvalue weighted by Gasteiger charge is -2.36. The number of fused-ring (bicyclic) bond motifs is 1. The fraction of sp³-hybridized carbons (Fsp3) is 0.381. The number of carbonyl (C=O) groups excluding carboxylic acids is 1. The van der Waals surface area contributed by atoms with Gasteiger partial charge in [-0.05, 0) is 43.9 Å². The van der Waals surface area contributed by atoms with Crippen LogP contribution in [0.25, 0.3) is 11.0 Å². The number of aryl methyl sites for hydroxylation is 1. The summed E-state index contributed by atoms with van der Waals surface area (Å²) in [7, 11) is 1.49. The number of hydrogen-bond donors (Lipinski definition) is 2. The van der Waals surface area contributed by atoms with Gasteiger partial charge in [0, 0.05) is 6.54 Å². The molecule has 1 fully saturated rings. The number of nitrogen functional groups attached to an aromatic ring is 1. The Hall–Kier alpha value is -3.30. The van der Waals surface area contributed by atoms with E-state index >= 15 is 0 Å². The average Bonchev–Trinajstić information content (AvgIpc) is 3.12. The highest BCUT2D eigenvalue weighted by Gasteiger charge is 2.38.